The monoisotopic (exact) mass is 633 g/mol. The van der Waals surface area contributed by atoms with Crippen molar-refractivity contribution in [3.8, 4) is 0 Å². The van der Waals surface area contributed by atoms with Gasteiger partial charge in [-0.1, -0.05) is 76.9 Å². The van der Waals surface area contributed by atoms with Gasteiger partial charge in [0.25, 0.3) is 0 Å². The number of nitrogens with one attached hydrogen (secondary N) is 1. The molecule has 0 fully saturated rings. The van der Waals surface area contributed by atoms with Crippen molar-refractivity contribution in [2.24, 2.45) is 0 Å². The van der Waals surface area contributed by atoms with Crippen LogP contribution in [0.3, 0.4) is 0 Å². The van der Waals surface area contributed by atoms with E-state index >= 15 is 0 Å². The van der Waals surface area contributed by atoms with Gasteiger partial charge in [-0.15, -0.1) is 0 Å². The third-order valence-corrected chi connectivity index (χ3v) is 9.02. The Morgan fingerprint density at radius 3 is 2.15 bits per heavy atom. The van der Waals surface area contributed by atoms with Crippen molar-refractivity contribution in [3.63, 3.8) is 0 Å². The molecular weight excluding hydrogens is 602 g/mol. The van der Waals surface area contributed by atoms with Gasteiger partial charge in [0, 0.05) is 35.6 Å². The molecule has 3 rings (SSSR count). The first-order chi connectivity index (χ1) is 18.5. The average molecular weight is 635 g/mol. The summed E-state index contributed by atoms with van der Waals surface area (Å²) >= 11 is 9.35. The second kappa shape index (κ2) is 14.1. The molecule has 10 heteroatoms. The zero-order chi connectivity index (χ0) is 28.6. The van der Waals surface area contributed by atoms with Gasteiger partial charge in [-0.25, -0.2) is 8.42 Å². The first-order valence-corrected chi connectivity index (χ1v) is 15.2. The number of halogens is 2. The third-order valence-electron chi connectivity index (χ3n) is 6.42. The number of benzene rings is 3. The maximum atomic E-state index is 13.9. The van der Waals surface area contributed by atoms with Gasteiger partial charge in [0.15, 0.2) is 0 Å². The summed E-state index contributed by atoms with van der Waals surface area (Å²) in [5.41, 5.74) is 1.70. The van der Waals surface area contributed by atoms with Crippen molar-refractivity contribution in [1.82, 2.24) is 14.5 Å². The van der Waals surface area contributed by atoms with Crippen molar-refractivity contribution in [2.75, 3.05) is 13.6 Å². The van der Waals surface area contributed by atoms with Crippen LogP contribution in [0.2, 0.25) is 5.02 Å². The summed E-state index contributed by atoms with van der Waals surface area (Å²) in [5, 5.41) is 3.42. The molecule has 0 aliphatic heterocycles. The summed E-state index contributed by atoms with van der Waals surface area (Å²) in [6, 6.07) is 21.7. The SMILES string of the molecule is CC[C@@H](C)NC(=O)[C@H](Cc1ccccc1)N(Cc1ccc(Br)cc1)C(=O)CN(C)S(=O)(=O)c1ccc(Cl)cc1. The predicted molar refractivity (Wildman–Crippen MR) is 158 cm³/mol. The number of likely N-dealkylation sites (N-methyl/N-ethyl adjacent to an activating group) is 1. The molecule has 0 bridgehead atoms. The maximum Gasteiger partial charge on any atom is 0.243 e. The van der Waals surface area contributed by atoms with Crippen LogP contribution in [-0.4, -0.2) is 55.1 Å². The van der Waals surface area contributed by atoms with Crippen LogP contribution in [0.25, 0.3) is 0 Å². The first kappa shape index (κ1) is 30.8. The Kier molecular flexibility index (Phi) is 11.1. The third kappa shape index (κ3) is 8.63. The number of hydrogen-bond donors (Lipinski definition) is 1. The number of sulfonamides is 1. The Balaban J connectivity index is 1.97. The summed E-state index contributed by atoms with van der Waals surface area (Å²) in [6.45, 7) is 3.57. The first-order valence-electron chi connectivity index (χ1n) is 12.6. The van der Waals surface area contributed by atoms with Gasteiger partial charge in [-0.05, 0) is 60.9 Å². The van der Waals surface area contributed by atoms with Gasteiger partial charge in [-0.2, -0.15) is 4.31 Å². The fourth-order valence-electron chi connectivity index (χ4n) is 3.93. The predicted octanol–water partition coefficient (Wildman–Crippen LogP) is 5.28. The zero-order valence-electron chi connectivity index (χ0n) is 22.2. The summed E-state index contributed by atoms with van der Waals surface area (Å²) in [7, 11) is -2.62. The molecule has 0 aliphatic carbocycles. The highest BCUT2D eigenvalue weighted by Crippen LogP contribution is 2.20. The van der Waals surface area contributed by atoms with Crippen LogP contribution in [0, 0.1) is 0 Å². The summed E-state index contributed by atoms with van der Waals surface area (Å²) in [5.74, 6) is -0.778. The highest BCUT2D eigenvalue weighted by atomic mass is 79.9. The topological polar surface area (TPSA) is 86.8 Å². The van der Waals surface area contributed by atoms with Crippen molar-refractivity contribution in [3.05, 3.63) is 99.5 Å². The molecule has 0 spiro atoms. The van der Waals surface area contributed by atoms with Gasteiger partial charge in [-0.3, -0.25) is 9.59 Å². The normalized spacial score (nSPS) is 13.1. The average Bonchev–Trinajstić information content (AvgIpc) is 2.92. The minimum Gasteiger partial charge on any atom is -0.352 e. The van der Waals surface area contributed by atoms with Gasteiger partial charge >= 0.3 is 0 Å². The molecule has 7 nitrogen and oxygen atoms in total. The Labute approximate surface area is 244 Å². The van der Waals surface area contributed by atoms with E-state index in [9.17, 15) is 18.0 Å². The Morgan fingerprint density at radius 2 is 1.56 bits per heavy atom. The van der Waals surface area contributed by atoms with E-state index in [4.69, 9.17) is 11.6 Å². The van der Waals surface area contributed by atoms with Crippen LogP contribution in [0.15, 0.2) is 88.2 Å². The lowest BCUT2D eigenvalue weighted by atomic mass is 10.0. The van der Waals surface area contributed by atoms with Gasteiger partial charge in [0.05, 0.1) is 11.4 Å². The molecule has 39 heavy (non-hydrogen) atoms. The van der Waals surface area contributed by atoms with Gasteiger partial charge in [0.2, 0.25) is 21.8 Å². The molecule has 208 valence electrons. The lowest BCUT2D eigenvalue weighted by Crippen LogP contribution is -2.54. The van der Waals surface area contributed by atoms with Crippen LogP contribution in [-0.2, 0) is 32.6 Å². The minimum absolute atomic E-state index is 0.0250. The molecule has 2 amide bonds. The van der Waals surface area contributed by atoms with Crippen molar-refractivity contribution >= 4 is 49.4 Å². The molecule has 0 heterocycles. The molecule has 0 unspecified atom stereocenters. The molecule has 0 radical (unpaired) electrons. The lowest BCUT2D eigenvalue weighted by molar-refractivity contribution is -0.141. The molecule has 3 aromatic rings. The molecule has 2 atom stereocenters. The zero-order valence-corrected chi connectivity index (χ0v) is 25.3. The fourth-order valence-corrected chi connectivity index (χ4v) is 5.45. The van der Waals surface area contributed by atoms with Gasteiger partial charge in [0.1, 0.15) is 6.04 Å². The van der Waals surface area contributed by atoms with E-state index in [1.165, 1.54) is 36.2 Å². The lowest BCUT2D eigenvalue weighted by Gasteiger charge is -2.33. The second-order valence-electron chi connectivity index (χ2n) is 9.39. The molecule has 1 N–H and O–H groups in total. The fraction of sp³-hybridized carbons (Fsp3) is 0.310. The molecular formula is C29H33BrClN3O4S. The summed E-state index contributed by atoms with van der Waals surface area (Å²) < 4.78 is 28.3. The van der Waals surface area contributed by atoms with Crippen LogP contribution >= 0.6 is 27.5 Å². The number of hydrogen-bond acceptors (Lipinski definition) is 4. The Hall–Kier alpha value is -2.72. The second-order valence-corrected chi connectivity index (χ2v) is 12.8. The molecule has 0 saturated carbocycles. The van der Waals surface area contributed by atoms with Crippen LogP contribution in [0.4, 0.5) is 0 Å². The van der Waals surface area contributed by atoms with Gasteiger partial charge < -0.3 is 10.2 Å². The van der Waals surface area contributed by atoms with E-state index in [0.29, 0.717) is 5.02 Å². The quantitative estimate of drug-likeness (QED) is 0.294. The van der Waals surface area contributed by atoms with Crippen molar-refractivity contribution in [2.45, 2.75) is 50.2 Å². The maximum absolute atomic E-state index is 13.9. The number of carbonyl (C=O) groups excluding carboxylic acids is 2. The summed E-state index contributed by atoms with van der Waals surface area (Å²) in [4.78, 5) is 28.9. The molecule has 0 aliphatic rings. The van der Waals surface area contributed by atoms with E-state index in [2.05, 4.69) is 21.2 Å². The van der Waals surface area contributed by atoms with Crippen LogP contribution in [0.1, 0.15) is 31.4 Å². The Bertz CT molecular complexity index is 1350. The molecule has 0 saturated heterocycles. The highest BCUT2D eigenvalue weighted by Gasteiger charge is 2.33. The number of rotatable bonds is 12. The summed E-state index contributed by atoms with van der Waals surface area (Å²) in [6.07, 6.45) is 1.01. The smallest absolute Gasteiger partial charge is 0.243 e. The van der Waals surface area contributed by atoms with Crippen molar-refractivity contribution in [1.29, 1.82) is 0 Å². The standard InChI is InChI=1S/C29H33BrClN3O4S/c1-4-21(2)32-29(36)27(18-22-8-6-5-7-9-22)34(19-23-10-12-24(30)13-11-23)28(35)20-33(3)39(37,38)26-16-14-25(31)15-17-26/h5-17,21,27H,4,18-20H2,1-3H3,(H,32,36)/t21-,27+/m1/s1. The molecule has 3 aromatic carbocycles. The largest absolute Gasteiger partial charge is 0.352 e. The van der Waals surface area contributed by atoms with E-state index in [1.807, 2.05) is 68.4 Å². The van der Waals surface area contributed by atoms with Crippen LogP contribution < -0.4 is 5.32 Å². The van der Waals surface area contributed by atoms with E-state index in [1.54, 1.807) is 0 Å². The highest BCUT2D eigenvalue weighted by molar-refractivity contribution is 9.10. The van der Waals surface area contributed by atoms with E-state index in [0.717, 1.165) is 26.3 Å². The minimum atomic E-state index is -3.97. The van der Waals surface area contributed by atoms with E-state index < -0.39 is 28.5 Å². The Morgan fingerprint density at radius 1 is 0.949 bits per heavy atom. The number of carbonyl (C=O) groups is 2. The number of nitrogens with zero attached hydrogens (tertiary/aromatic N) is 2. The number of amides is 2. The van der Waals surface area contributed by atoms with Crippen molar-refractivity contribution < 1.29 is 18.0 Å². The molecule has 0 aromatic heterocycles. The van der Waals surface area contributed by atoms with Crippen LogP contribution in [0.5, 0.6) is 0 Å². The van der Waals surface area contributed by atoms with E-state index in [-0.39, 0.29) is 29.8 Å².